The minimum atomic E-state index is -1.08. The Morgan fingerprint density at radius 3 is 2.64 bits per heavy atom. The minimum Gasteiger partial charge on any atom is -0.381 e. The second-order valence-electron chi connectivity index (χ2n) is 10.1. The summed E-state index contributed by atoms with van der Waals surface area (Å²) in [6.07, 6.45) is 3.33. The summed E-state index contributed by atoms with van der Waals surface area (Å²) in [5.41, 5.74) is 3.82. The summed E-state index contributed by atoms with van der Waals surface area (Å²) in [6.45, 7) is 6.33. The normalized spacial score (nSPS) is 21.0. The summed E-state index contributed by atoms with van der Waals surface area (Å²) in [7, 11) is 0. The van der Waals surface area contributed by atoms with Gasteiger partial charge in [0.1, 0.15) is 11.8 Å². The SMILES string of the molecule is CCOC1CC[C@@H](Nc2ccc(-c3c(C)noc3C)cc2NC(=O)[C@@H]2CCC(=O)N2c2ccc(F)c(F)c2)C1. The first-order valence-corrected chi connectivity index (χ1v) is 13.3. The van der Waals surface area contributed by atoms with Gasteiger partial charge in [0.25, 0.3) is 0 Å². The molecule has 2 N–H and O–H groups in total. The molecular weight excluding hydrogens is 506 g/mol. The molecule has 2 aliphatic rings. The summed E-state index contributed by atoms with van der Waals surface area (Å²) in [5, 5.41) is 10.6. The zero-order valence-electron chi connectivity index (χ0n) is 22.2. The number of carbonyl (C=O) groups is 2. The molecule has 39 heavy (non-hydrogen) atoms. The third-order valence-electron chi connectivity index (χ3n) is 7.44. The third-order valence-corrected chi connectivity index (χ3v) is 7.44. The van der Waals surface area contributed by atoms with E-state index in [4.69, 9.17) is 9.26 Å². The molecule has 0 radical (unpaired) electrons. The molecule has 3 aromatic rings. The summed E-state index contributed by atoms with van der Waals surface area (Å²) in [5.74, 6) is -2.17. The third kappa shape index (κ3) is 5.52. The van der Waals surface area contributed by atoms with Crippen molar-refractivity contribution in [3.63, 3.8) is 0 Å². The fourth-order valence-electron chi connectivity index (χ4n) is 5.61. The Morgan fingerprint density at radius 2 is 1.92 bits per heavy atom. The van der Waals surface area contributed by atoms with Gasteiger partial charge in [0.2, 0.25) is 11.8 Å². The van der Waals surface area contributed by atoms with Gasteiger partial charge in [-0.05, 0) is 76.3 Å². The van der Waals surface area contributed by atoms with Crippen LogP contribution < -0.4 is 15.5 Å². The van der Waals surface area contributed by atoms with Crippen LogP contribution in [0.5, 0.6) is 0 Å². The molecule has 5 rings (SSSR count). The van der Waals surface area contributed by atoms with E-state index in [1.807, 2.05) is 39.0 Å². The van der Waals surface area contributed by atoms with Crippen LogP contribution in [0.4, 0.5) is 25.8 Å². The van der Waals surface area contributed by atoms with Crippen molar-refractivity contribution in [3.8, 4) is 11.1 Å². The van der Waals surface area contributed by atoms with Gasteiger partial charge in [-0.25, -0.2) is 8.78 Å². The number of aryl methyl sites for hydroxylation is 2. The number of nitrogens with one attached hydrogen (secondary N) is 2. The number of aromatic nitrogens is 1. The van der Waals surface area contributed by atoms with Crippen molar-refractivity contribution < 1.29 is 27.6 Å². The lowest BCUT2D eigenvalue weighted by Gasteiger charge is -2.25. The highest BCUT2D eigenvalue weighted by Crippen LogP contribution is 2.36. The average Bonchev–Trinajstić information content (AvgIpc) is 3.61. The minimum absolute atomic E-state index is 0.127. The molecule has 1 saturated heterocycles. The zero-order valence-corrected chi connectivity index (χ0v) is 22.2. The van der Waals surface area contributed by atoms with Gasteiger partial charge in [0, 0.05) is 36.4 Å². The van der Waals surface area contributed by atoms with Crippen LogP contribution in [-0.2, 0) is 14.3 Å². The molecule has 3 atom stereocenters. The topological polar surface area (TPSA) is 96.7 Å². The van der Waals surface area contributed by atoms with Gasteiger partial charge >= 0.3 is 0 Å². The predicted octanol–water partition coefficient (Wildman–Crippen LogP) is 5.74. The lowest BCUT2D eigenvalue weighted by molar-refractivity contribution is -0.120. The highest BCUT2D eigenvalue weighted by molar-refractivity contribution is 6.08. The number of amides is 2. The van der Waals surface area contributed by atoms with Gasteiger partial charge in [0.05, 0.1) is 23.2 Å². The van der Waals surface area contributed by atoms with Crippen LogP contribution in [0.1, 0.15) is 50.5 Å². The molecule has 0 spiro atoms. The van der Waals surface area contributed by atoms with E-state index in [-0.39, 0.29) is 36.6 Å². The number of nitrogens with zero attached hydrogens (tertiary/aromatic N) is 2. The quantitative estimate of drug-likeness (QED) is 0.380. The van der Waals surface area contributed by atoms with Crippen LogP contribution in [0.15, 0.2) is 40.9 Å². The van der Waals surface area contributed by atoms with Crippen LogP contribution in [-0.4, -0.2) is 41.8 Å². The van der Waals surface area contributed by atoms with Gasteiger partial charge in [-0.1, -0.05) is 11.2 Å². The van der Waals surface area contributed by atoms with Crippen molar-refractivity contribution in [1.29, 1.82) is 0 Å². The zero-order chi connectivity index (χ0) is 27.7. The molecular formula is C29H32F2N4O4. The standard InChI is InChI=1S/C29H32F2N4O4/c1-4-38-21-8-6-19(14-21)32-24-10-5-18(28-16(2)34-39-17(28)3)13-25(24)33-29(37)26-11-12-27(36)35(26)20-7-9-22(30)23(31)15-20/h5,7,9-10,13,15,19,21,26,32H,4,6,8,11-12,14H2,1-3H3,(H,33,37)/t19-,21?,26+/m1/s1. The predicted molar refractivity (Wildman–Crippen MR) is 144 cm³/mol. The fourth-order valence-corrected chi connectivity index (χ4v) is 5.61. The summed E-state index contributed by atoms with van der Waals surface area (Å²) >= 11 is 0. The molecule has 206 valence electrons. The van der Waals surface area contributed by atoms with Crippen LogP contribution in [0, 0.1) is 25.5 Å². The van der Waals surface area contributed by atoms with E-state index >= 15 is 0 Å². The van der Waals surface area contributed by atoms with Crippen molar-refractivity contribution in [2.24, 2.45) is 0 Å². The fraction of sp³-hybridized carbons (Fsp3) is 0.414. The maximum absolute atomic E-state index is 14.0. The Balaban J connectivity index is 1.44. The van der Waals surface area contributed by atoms with Crippen molar-refractivity contribution >= 4 is 28.9 Å². The Morgan fingerprint density at radius 1 is 1.10 bits per heavy atom. The number of halogens is 2. The van der Waals surface area contributed by atoms with E-state index in [0.29, 0.717) is 18.1 Å². The monoisotopic (exact) mass is 538 g/mol. The first-order chi connectivity index (χ1) is 18.7. The molecule has 0 bridgehead atoms. The Kier molecular flexibility index (Phi) is 7.65. The number of hydrogen-bond donors (Lipinski definition) is 2. The summed E-state index contributed by atoms with van der Waals surface area (Å²) < 4.78 is 38.6. The largest absolute Gasteiger partial charge is 0.381 e. The van der Waals surface area contributed by atoms with Crippen LogP contribution in [0.25, 0.3) is 11.1 Å². The van der Waals surface area contributed by atoms with E-state index in [9.17, 15) is 18.4 Å². The van der Waals surface area contributed by atoms with Crippen molar-refractivity contribution in [1.82, 2.24) is 5.16 Å². The first-order valence-electron chi connectivity index (χ1n) is 13.3. The molecule has 2 heterocycles. The van der Waals surface area contributed by atoms with Gasteiger partial charge in [0.15, 0.2) is 11.6 Å². The summed E-state index contributed by atoms with van der Waals surface area (Å²) in [4.78, 5) is 27.5. The summed E-state index contributed by atoms with van der Waals surface area (Å²) in [6, 6.07) is 8.24. The van der Waals surface area contributed by atoms with Gasteiger partial charge in [-0.3, -0.25) is 14.5 Å². The molecule has 2 amide bonds. The average molecular weight is 539 g/mol. The molecule has 2 aromatic carbocycles. The second-order valence-corrected chi connectivity index (χ2v) is 10.1. The van der Waals surface area contributed by atoms with Crippen LogP contribution in [0.3, 0.4) is 0 Å². The molecule has 2 fully saturated rings. The van der Waals surface area contributed by atoms with Gasteiger partial charge < -0.3 is 19.9 Å². The van der Waals surface area contributed by atoms with Crippen molar-refractivity contribution in [3.05, 3.63) is 59.5 Å². The lowest BCUT2D eigenvalue weighted by Crippen LogP contribution is -2.42. The van der Waals surface area contributed by atoms with E-state index in [1.54, 1.807) is 0 Å². The molecule has 8 nitrogen and oxygen atoms in total. The van der Waals surface area contributed by atoms with Gasteiger partial charge in [-0.2, -0.15) is 0 Å². The molecule has 1 unspecified atom stereocenters. The lowest BCUT2D eigenvalue weighted by atomic mass is 10.0. The first kappa shape index (κ1) is 26.8. The number of ether oxygens (including phenoxy) is 1. The molecule has 1 aromatic heterocycles. The number of anilines is 3. The Labute approximate surface area is 225 Å². The van der Waals surface area contributed by atoms with Crippen molar-refractivity contribution in [2.45, 2.75) is 71.1 Å². The smallest absolute Gasteiger partial charge is 0.247 e. The number of benzene rings is 2. The maximum atomic E-state index is 14.0. The second kappa shape index (κ2) is 11.1. The van der Waals surface area contributed by atoms with E-state index < -0.39 is 23.6 Å². The molecule has 1 aliphatic carbocycles. The highest BCUT2D eigenvalue weighted by Gasteiger charge is 2.38. The molecule has 1 saturated carbocycles. The maximum Gasteiger partial charge on any atom is 0.247 e. The number of carbonyl (C=O) groups excluding carboxylic acids is 2. The van der Waals surface area contributed by atoms with Crippen molar-refractivity contribution in [2.75, 3.05) is 22.1 Å². The highest BCUT2D eigenvalue weighted by atomic mass is 19.2. The van der Waals surface area contributed by atoms with Crippen LogP contribution in [0.2, 0.25) is 0 Å². The molecule has 10 heteroatoms. The number of rotatable bonds is 8. The van der Waals surface area contributed by atoms with E-state index in [1.165, 1.54) is 11.0 Å². The van der Waals surface area contributed by atoms with E-state index in [0.717, 1.165) is 53.9 Å². The van der Waals surface area contributed by atoms with Crippen LogP contribution >= 0.6 is 0 Å². The van der Waals surface area contributed by atoms with E-state index in [2.05, 4.69) is 15.8 Å². The Bertz CT molecular complexity index is 1370. The Hall–Kier alpha value is -3.79. The number of hydrogen-bond acceptors (Lipinski definition) is 6. The van der Waals surface area contributed by atoms with Gasteiger partial charge in [-0.15, -0.1) is 0 Å². The molecule has 1 aliphatic heterocycles.